The number of fused-ring (bicyclic) bond motifs is 1. The smallest absolute Gasteiger partial charge is 0.224 e. The molecule has 2 aromatic carbocycles. The highest BCUT2D eigenvalue weighted by Gasteiger charge is 2.29. The van der Waals surface area contributed by atoms with E-state index < -0.39 is 0 Å². The van der Waals surface area contributed by atoms with Gasteiger partial charge in [-0.2, -0.15) is 0 Å². The molecule has 0 bridgehead atoms. The van der Waals surface area contributed by atoms with Crippen LogP contribution in [0, 0.1) is 0 Å². The van der Waals surface area contributed by atoms with Crippen LogP contribution in [0.5, 0.6) is 11.5 Å². The number of carbonyl (C=O) groups excluding carboxylic acids is 1. The van der Waals surface area contributed by atoms with Crippen molar-refractivity contribution >= 4 is 11.6 Å². The van der Waals surface area contributed by atoms with E-state index in [0.29, 0.717) is 13.2 Å². The average Bonchev–Trinajstić information content (AvgIpc) is 2.71. The van der Waals surface area contributed by atoms with Crippen molar-refractivity contribution in [3.05, 3.63) is 42.0 Å². The van der Waals surface area contributed by atoms with E-state index in [0.717, 1.165) is 59.7 Å². The van der Waals surface area contributed by atoms with Gasteiger partial charge in [0.05, 0.1) is 12.3 Å². The number of likely N-dealkylation sites (N-methyl/N-ethyl adjacent to an activating group) is 1. The molecule has 162 valence electrons. The van der Waals surface area contributed by atoms with Crippen molar-refractivity contribution in [3.63, 3.8) is 0 Å². The summed E-state index contributed by atoms with van der Waals surface area (Å²) >= 11 is 0. The molecule has 1 aliphatic heterocycles. The Hall–Kier alpha value is -2.53. The van der Waals surface area contributed by atoms with Crippen LogP contribution < -0.4 is 14.4 Å². The molecular weight excluding hydrogens is 376 g/mol. The van der Waals surface area contributed by atoms with Crippen molar-refractivity contribution in [1.29, 1.82) is 0 Å². The van der Waals surface area contributed by atoms with Crippen molar-refractivity contribution in [3.8, 4) is 22.6 Å². The standard InChI is InChI=1S/C25H34N2O3/c1-6-16-30-25-22(20-8-10-21(11-9-20)29-17-15-26(4)5)13-14-24-23(25)12-7-18(2)27(24)19(3)28/h8-11,13-14,18H,6-7,12,15-17H2,1-5H3/t18-/m0/s1. The van der Waals surface area contributed by atoms with Gasteiger partial charge in [-0.1, -0.05) is 19.1 Å². The predicted octanol–water partition coefficient (Wildman–Crippen LogP) is 4.77. The highest BCUT2D eigenvalue weighted by Crippen LogP contribution is 2.43. The minimum atomic E-state index is 0.0804. The summed E-state index contributed by atoms with van der Waals surface area (Å²) in [7, 11) is 4.07. The molecule has 0 fully saturated rings. The number of ether oxygens (including phenoxy) is 2. The molecule has 1 amide bonds. The third-order valence-corrected chi connectivity index (χ3v) is 5.51. The highest BCUT2D eigenvalue weighted by molar-refractivity contribution is 5.95. The second-order valence-electron chi connectivity index (χ2n) is 8.24. The fraction of sp³-hybridized carbons (Fsp3) is 0.480. The zero-order chi connectivity index (χ0) is 21.7. The SMILES string of the molecule is CCCOc1c(-c2ccc(OCCN(C)C)cc2)ccc2c1CC[C@H](C)N2C(C)=O. The predicted molar refractivity (Wildman–Crippen MR) is 123 cm³/mol. The quantitative estimate of drug-likeness (QED) is 0.629. The number of hydrogen-bond acceptors (Lipinski definition) is 4. The lowest BCUT2D eigenvalue weighted by atomic mass is 9.91. The van der Waals surface area contributed by atoms with Crippen LogP contribution in [-0.4, -0.2) is 50.7 Å². The maximum Gasteiger partial charge on any atom is 0.224 e. The molecule has 30 heavy (non-hydrogen) atoms. The van der Waals surface area contributed by atoms with E-state index in [-0.39, 0.29) is 11.9 Å². The summed E-state index contributed by atoms with van der Waals surface area (Å²) in [4.78, 5) is 16.3. The van der Waals surface area contributed by atoms with Gasteiger partial charge in [0.1, 0.15) is 18.1 Å². The first kappa shape index (κ1) is 22.2. The third-order valence-electron chi connectivity index (χ3n) is 5.51. The van der Waals surface area contributed by atoms with Gasteiger partial charge >= 0.3 is 0 Å². The summed E-state index contributed by atoms with van der Waals surface area (Å²) in [6.07, 6.45) is 2.80. The van der Waals surface area contributed by atoms with Crippen LogP contribution in [0.3, 0.4) is 0 Å². The molecule has 0 saturated carbocycles. The normalized spacial score (nSPS) is 15.8. The average molecular weight is 411 g/mol. The van der Waals surface area contributed by atoms with Gasteiger partial charge in [0.2, 0.25) is 5.91 Å². The van der Waals surface area contributed by atoms with E-state index >= 15 is 0 Å². The fourth-order valence-corrected chi connectivity index (χ4v) is 3.96. The van der Waals surface area contributed by atoms with Crippen LogP contribution in [0.1, 0.15) is 39.2 Å². The van der Waals surface area contributed by atoms with Gasteiger partial charge in [-0.15, -0.1) is 0 Å². The molecule has 1 atom stereocenters. The van der Waals surface area contributed by atoms with Crippen LogP contribution in [-0.2, 0) is 11.2 Å². The Morgan fingerprint density at radius 2 is 1.83 bits per heavy atom. The minimum absolute atomic E-state index is 0.0804. The molecule has 0 N–H and O–H groups in total. The first-order chi connectivity index (χ1) is 14.4. The van der Waals surface area contributed by atoms with E-state index in [1.54, 1.807) is 6.92 Å². The van der Waals surface area contributed by atoms with E-state index in [4.69, 9.17) is 9.47 Å². The Morgan fingerprint density at radius 1 is 1.10 bits per heavy atom. The van der Waals surface area contributed by atoms with Crippen LogP contribution in [0.15, 0.2) is 36.4 Å². The number of anilines is 1. The highest BCUT2D eigenvalue weighted by atomic mass is 16.5. The van der Waals surface area contributed by atoms with Crippen molar-refractivity contribution in [1.82, 2.24) is 4.90 Å². The lowest BCUT2D eigenvalue weighted by Gasteiger charge is -2.36. The van der Waals surface area contributed by atoms with E-state index in [2.05, 4.69) is 43.0 Å². The van der Waals surface area contributed by atoms with Crippen LogP contribution in [0.2, 0.25) is 0 Å². The Bertz CT molecular complexity index is 861. The molecule has 0 radical (unpaired) electrons. The van der Waals surface area contributed by atoms with Crippen molar-refractivity contribution < 1.29 is 14.3 Å². The number of nitrogens with zero attached hydrogens (tertiary/aromatic N) is 2. The van der Waals surface area contributed by atoms with Crippen LogP contribution >= 0.6 is 0 Å². The van der Waals surface area contributed by atoms with E-state index in [9.17, 15) is 4.79 Å². The fourth-order valence-electron chi connectivity index (χ4n) is 3.96. The first-order valence-electron chi connectivity index (χ1n) is 10.9. The number of hydrogen-bond donors (Lipinski definition) is 0. The summed E-state index contributed by atoms with van der Waals surface area (Å²) in [6, 6.07) is 12.6. The number of carbonyl (C=O) groups is 1. The zero-order valence-electron chi connectivity index (χ0n) is 18.9. The van der Waals surface area contributed by atoms with Crippen LogP contribution in [0.4, 0.5) is 5.69 Å². The summed E-state index contributed by atoms with van der Waals surface area (Å²) in [5.74, 6) is 1.86. The molecule has 3 rings (SSSR count). The molecule has 0 saturated heterocycles. The molecule has 0 spiro atoms. The molecule has 0 unspecified atom stereocenters. The second kappa shape index (κ2) is 9.98. The second-order valence-corrected chi connectivity index (χ2v) is 8.24. The Labute approximate surface area is 180 Å². The number of benzene rings is 2. The third kappa shape index (κ3) is 4.96. The Kier molecular flexibility index (Phi) is 7.38. The molecule has 1 heterocycles. The van der Waals surface area contributed by atoms with Gasteiger partial charge < -0.3 is 19.3 Å². The monoisotopic (exact) mass is 410 g/mol. The van der Waals surface area contributed by atoms with Gasteiger partial charge in [-0.05, 0) is 70.1 Å². The molecule has 5 heteroatoms. The largest absolute Gasteiger partial charge is 0.493 e. The minimum Gasteiger partial charge on any atom is -0.493 e. The molecule has 1 aliphatic rings. The van der Waals surface area contributed by atoms with Gasteiger partial charge in [0.15, 0.2) is 0 Å². The van der Waals surface area contributed by atoms with Crippen molar-refractivity contribution in [2.24, 2.45) is 0 Å². The van der Waals surface area contributed by atoms with Gasteiger partial charge in [-0.3, -0.25) is 4.79 Å². The first-order valence-corrected chi connectivity index (χ1v) is 10.9. The topological polar surface area (TPSA) is 42.0 Å². The maximum absolute atomic E-state index is 12.3. The summed E-state index contributed by atoms with van der Waals surface area (Å²) < 4.78 is 12.1. The van der Waals surface area contributed by atoms with E-state index in [1.165, 1.54) is 0 Å². The lowest BCUT2D eigenvalue weighted by molar-refractivity contribution is -0.117. The summed E-state index contributed by atoms with van der Waals surface area (Å²) in [5.41, 5.74) is 4.29. The van der Waals surface area contributed by atoms with Crippen LogP contribution in [0.25, 0.3) is 11.1 Å². The van der Waals surface area contributed by atoms with Gasteiger partial charge in [0, 0.05) is 30.6 Å². The Balaban J connectivity index is 1.94. The number of amides is 1. The van der Waals surface area contributed by atoms with Crippen molar-refractivity contribution in [2.45, 2.75) is 46.1 Å². The molecule has 0 aromatic heterocycles. The number of rotatable bonds is 8. The lowest BCUT2D eigenvalue weighted by Crippen LogP contribution is -2.40. The van der Waals surface area contributed by atoms with Crippen molar-refractivity contribution in [2.75, 3.05) is 38.8 Å². The molecule has 5 nitrogen and oxygen atoms in total. The molecule has 2 aromatic rings. The summed E-state index contributed by atoms with van der Waals surface area (Å²) in [5, 5.41) is 0. The van der Waals surface area contributed by atoms with E-state index in [1.807, 2.05) is 31.1 Å². The van der Waals surface area contributed by atoms with Gasteiger partial charge in [-0.25, -0.2) is 0 Å². The maximum atomic E-state index is 12.3. The van der Waals surface area contributed by atoms with Gasteiger partial charge in [0.25, 0.3) is 0 Å². The zero-order valence-corrected chi connectivity index (χ0v) is 18.9. The summed E-state index contributed by atoms with van der Waals surface area (Å²) in [6.45, 7) is 8.06. The molecular formula is C25H34N2O3. The molecule has 0 aliphatic carbocycles. The Morgan fingerprint density at radius 3 is 2.47 bits per heavy atom.